The second kappa shape index (κ2) is 4.88. The zero-order valence-electron chi connectivity index (χ0n) is 10.4. The fourth-order valence-corrected chi connectivity index (χ4v) is 2.28. The molecule has 0 atom stereocenters. The van der Waals surface area contributed by atoms with Gasteiger partial charge in [-0.15, -0.1) is 0 Å². The van der Waals surface area contributed by atoms with E-state index in [0.717, 1.165) is 6.42 Å². The SMILES string of the molecule is Cc1cc(C)cc(CCC(=O)N2CC(O)C2)c1. The molecule has 17 heavy (non-hydrogen) atoms. The lowest BCUT2D eigenvalue weighted by atomic mass is 10.0. The molecule has 3 heteroatoms. The van der Waals surface area contributed by atoms with Crippen LogP contribution < -0.4 is 0 Å². The third-order valence-corrected chi connectivity index (χ3v) is 3.12. The zero-order chi connectivity index (χ0) is 12.4. The van der Waals surface area contributed by atoms with Crippen LogP contribution in [0.2, 0.25) is 0 Å². The van der Waals surface area contributed by atoms with Gasteiger partial charge in [-0.2, -0.15) is 0 Å². The minimum Gasteiger partial charge on any atom is -0.389 e. The standard InChI is InChI=1S/C14H19NO2/c1-10-5-11(2)7-12(6-10)3-4-14(17)15-8-13(16)9-15/h5-7,13,16H,3-4,8-9H2,1-2H3. The Morgan fingerprint density at radius 3 is 2.41 bits per heavy atom. The van der Waals surface area contributed by atoms with Crippen molar-refractivity contribution in [3.05, 3.63) is 34.9 Å². The Hall–Kier alpha value is -1.35. The van der Waals surface area contributed by atoms with Crippen molar-refractivity contribution < 1.29 is 9.90 Å². The molecule has 1 fully saturated rings. The summed E-state index contributed by atoms with van der Waals surface area (Å²) >= 11 is 0. The summed E-state index contributed by atoms with van der Waals surface area (Å²) in [7, 11) is 0. The molecule has 0 aromatic heterocycles. The third-order valence-electron chi connectivity index (χ3n) is 3.12. The molecular weight excluding hydrogens is 214 g/mol. The van der Waals surface area contributed by atoms with Gasteiger partial charge in [0.25, 0.3) is 0 Å². The van der Waals surface area contributed by atoms with E-state index in [1.54, 1.807) is 4.90 Å². The largest absolute Gasteiger partial charge is 0.389 e. The normalized spacial score (nSPS) is 15.8. The van der Waals surface area contributed by atoms with E-state index in [1.165, 1.54) is 16.7 Å². The number of rotatable bonds is 3. The van der Waals surface area contributed by atoms with Crippen LogP contribution in [-0.2, 0) is 11.2 Å². The highest BCUT2D eigenvalue weighted by atomic mass is 16.3. The van der Waals surface area contributed by atoms with Crippen LogP contribution in [0.15, 0.2) is 18.2 Å². The lowest BCUT2D eigenvalue weighted by Crippen LogP contribution is -2.53. The number of likely N-dealkylation sites (tertiary alicyclic amines) is 1. The lowest BCUT2D eigenvalue weighted by Gasteiger charge is -2.35. The van der Waals surface area contributed by atoms with E-state index in [4.69, 9.17) is 5.11 Å². The molecule has 0 aliphatic carbocycles. The van der Waals surface area contributed by atoms with Gasteiger partial charge in [0.15, 0.2) is 0 Å². The average Bonchev–Trinajstić information content (AvgIpc) is 2.20. The highest BCUT2D eigenvalue weighted by molar-refractivity contribution is 5.77. The predicted octanol–water partition coefficient (Wildman–Crippen LogP) is 1.44. The van der Waals surface area contributed by atoms with Crippen LogP contribution in [0.4, 0.5) is 0 Å². The Kier molecular flexibility index (Phi) is 3.48. The van der Waals surface area contributed by atoms with Gasteiger partial charge in [0, 0.05) is 19.5 Å². The first kappa shape index (κ1) is 12.1. The number of hydrogen-bond acceptors (Lipinski definition) is 2. The summed E-state index contributed by atoms with van der Waals surface area (Å²) in [5, 5.41) is 9.13. The van der Waals surface area contributed by atoms with Gasteiger partial charge in [0.1, 0.15) is 0 Å². The van der Waals surface area contributed by atoms with Crippen LogP contribution in [0.3, 0.4) is 0 Å². The first-order valence-corrected chi connectivity index (χ1v) is 6.07. The summed E-state index contributed by atoms with van der Waals surface area (Å²) in [6.45, 7) is 5.16. The van der Waals surface area contributed by atoms with Gasteiger partial charge in [-0.1, -0.05) is 29.3 Å². The quantitative estimate of drug-likeness (QED) is 0.858. The molecule has 1 aliphatic rings. The summed E-state index contributed by atoms with van der Waals surface area (Å²) in [6.07, 6.45) is 1.02. The number of benzene rings is 1. The summed E-state index contributed by atoms with van der Waals surface area (Å²) in [6, 6.07) is 6.40. The number of amides is 1. The Morgan fingerprint density at radius 2 is 1.88 bits per heavy atom. The van der Waals surface area contributed by atoms with Gasteiger partial charge in [-0.25, -0.2) is 0 Å². The molecule has 1 N–H and O–H groups in total. The number of nitrogens with zero attached hydrogens (tertiary/aromatic N) is 1. The molecule has 1 heterocycles. The monoisotopic (exact) mass is 233 g/mol. The molecule has 1 aromatic rings. The van der Waals surface area contributed by atoms with Crippen molar-refractivity contribution >= 4 is 5.91 Å². The van der Waals surface area contributed by atoms with E-state index in [0.29, 0.717) is 19.5 Å². The molecule has 92 valence electrons. The fraction of sp³-hybridized carbons (Fsp3) is 0.500. The minimum atomic E-state index is -0.305. The van der Waals surface area contributed by atoms with Gasteiger partial charge in [0.05, 0.1) is 6.10 Å². The summed E-state index contributed by atoms with van der Waals surface area (Å²) in [5.41, 5.74) is 3.70. The van der Waals surface area contributed by atoms with E-state index in [1.807, 2.05) is 0 Å². The van der Waals surface area contributed by atoms with E-state index >= 15 is 0 Å². The molecule has 1 amide bonds. The van der Waals surface area contributed by atoms with E-state index in [-0.39, 0.29) is 12.0 Å². The Labute approximate surface area is 102 Å². The van der Waals surface area contributed by atoms with Gasteiger partial charge in [-0.05, 0) is 25.8 Å². The molecular formula is C14H19NO2. The summed E-state index contributed by atoms with van der Waals surface area (Å²) in [5.74, 6) is 0.148. The van der Waals surface area contributed by atoms with Crippen LogP contribution in [0.1, 0.15) is 23.1 Å². The maximum atomic E-state index is 11.7. The number of carbonyl (C=O) groups is 1. The molecule has 1 aliphatic heterocycles. The first-order chi connectivity index (χ1) is 8.04. The van der Waals surface area contributed by atoms with Gasteiger partial charge in [-0.3, -0.25) is 4.79 Å². The molecule has 2 rings (SSSR count). The van der Waals surface area contributed by atoms with Crippen LogP contribution in [-0.4, -0.2) is 35.1 Å². The van der Waals surface area contributed by atoms with Crippen LogP contribution >= 0.6 is 0 Å². The smallest absolute Gasteiger partial charge is 0.223 e. The number of aliphatic hydroxyl groups is 1. The number of β-amino-alcohol motifs (C(OH)–C–C–N with tert-alkyl or cyclic N) is 1. The van der Waals surface area contributed by atoms with Crippen molar-refractivity contribution in [2.24, 2.45) is 0 Å². The molecule has 0 radical (unpaired) electrons. The van der Waals surface area contributed by atoms with E-state index in [9.17, 15) is 4.79 Å². The number of aryl methyl sites for hydroxylation is 3. The fourth-order valence-electron chi connectivity index (χ4n) is 2.28. The van der Waals surface area contributed by atoms with Crippen molar-refractivity contribution in [2.45, 2.75) is 32.8 Å². The minimum absolute atomic E-state index is 0.148. The van der Waals surface area contributed by atoms with Crippen molar-refractivity contribution in [3.8, 4) is 0 Å². The van der Waals surface area contributed by atoms with Crippen LogP contribution in [0, 0.1) is 13.8 Å². The molecule has 0 saturated carbocycles. The number of aliphatic hydroxyl groups excluding tert-OH is 1. The second-order valence-corrected chi connectivity index (χ2v) is 4.95. The van der Waals surface area contributed by atoms with Crippen molar-refractivity contribution in [2.75, 3.05) is 13.1 Å². The van der Waals surface area contributed by atoms with Gasteiger partial charge >= 0.3 is 0 Å². The summed E-state index contributed by atoms with van der Waals surface area (Å²) in [4.78, 5) is 13.4. The first-order valence-electron chi connectivity index (χ1n) is 6.07. The Morgan fingerprint density at radius 1 is 1.29 bits per heavy atom. The molecule has 1 aromatic carbocycles. The Bertz CT molecular complexity index is 402. The van der Waals surface area contributed by atoms with Gasteiger partial charge < -0.3 is 10.0 Å². The highest BCUT2D eigenvalue weighted by Gasteiger charge is 2.27. The van der Waals surface area contributed by atoms with Crippen LogP contribution in [0.5, 0.6) is 0 Å². The topological polar surface area (TPSA) is 40.5 Å². The number of carbonyl (C=O) groups excluding carboxylic acids is 1. The molecule has 3 nitrogen and oxygen atoms in total. The lowest BCUT2D eigenvalue weighted by molar-refractivity contribution is -0.141. The zero-order valence-corrected chi connectivity index (χ0v) is 10.4. The third kappa shape index (κ3) is 3.07. The predicted molar refractivity (Wildman–Crippen MR) is 66.8 cm³/mol. The van der Waals surface area contributed by atoms with Crippen LogP contribution in [0.25, 0.3) is 0 Å². The maximum Gasteiger partial charge on any atom is 0.223 e. The van der Waals surface area contributed by atoms with Crippen molar-refractivity contribution in [3.63, 3.8) is 0 Å². The molecule has 0 spiro atoms. The van der Waals surface area contributed by atoms with E-state index < -0.39 is 0 Å². The Balaban J connectivity index is 1.87. The highest BCUT2D eigenvalue weighted by Crippen LogP contribution is 2.14. The molecule has 0 bridgehead atoms. The average molecular weight is 233 g/mol. The molecule has 0 unspecified atom stereocenters. The molecule has 1 saturated heterocycles. The number of hydrogen-bond donors (Lipinski definition) is 1. The second-order valence-electron chi connectivity index (χ2n) is 4.95. The van der Waals surface area contributed by atoms with Crippen molar-refractivity contribution in [1.82, 2.24) is 4.90 Å². The van der Waals surface area contributed by atoms with E-state index in [2.05, 4.69) is 32.0 Å². The summed E-state index contributed by atoms with van der Waals surface area (Å²) < 4.78 is 0. The van der Waals surface area contributed by atoms with Crippen molar-refractivity contribution in [1.29, 1.82) is 0 Å². The van der Waals surface area contributed by atoms with Gasteiger partial charge in [0.2, 0.25) is 5.91 Å². The maximum absolute atomic E-state index is 11.7.